The molecule has 0 unspecified atom stereocenters. The number of carbonyl (C=O) groups is 2. The number of hydrogen-bond acceptors (Lipinski definition) is 4. The lowest BCUT2D eigenvalue weighted by Gasteiger charge is -2.14. The molecule has 164 valence electrons. The van der Waals surface area contributed by atoms with E-state index < -0.39 is 11.9 Å². The largest absolute Gasteiger partial charge is 0.493 e. The number of benzene rings is 3. The van der Waals surface area contributed by atoms with Gasteiger partial charge in [-0.3, -0.25) is 4.79 Å². The summed E-state index contributed by atoms with van der Waals surface area (Å²) in [7, 11) is 1.46. The number of rotatable bonds is 8. The van der Waals surface area contributed by atoms with Crippen LogP contribution in [0.1, 0.15) is 21.5 Å². The van der Waals surface area contributed by atoms with Crippen LogP contribution in [0.25, 0.3) is 6.08 Å². The molecule has 1 amide bonds. The van der Waals surface area contributed by atoms with Gasteiger partial charge in [-0.1, -0.05) is 63.9 Å². The molecule has 0 aliphatic carbocycles. The number of carbonyl (C=O) groups excluding carboxylic acids is 1. The van der Waals surface area contributed by atoms with Crippen molar-refractivity contribution in [1.29, 1.82) is 0 Å². The predicted molar refractivity (Wildman–Crippen MR) is 126 cm³/mol. The van der Waals surface area contributed by atoms with E-state index in [0.717, 1.165) is 10.0 Å². The van der Waals surface area contributed by atoms with E-state index in [1.165, 1.54) is 19.3 Å². The smallest absolute Gasteiger partial charge is 0.352 e. The monoisotopic (exact) mass is 515 g/mol. The van der Waals surface area contributed by atoms with Gasteiger partial charge in [-0.05, 0) is 42.0 Å². The van der Waals surface area contributed by atoms with Crippen molar-refractivity contribution < 1.29 is 24.2 Å². The molecule has 8 heteroatoms. The normalized spacial score (nSPS) is 11.0. The molecule has 32 heavy (non-hydrogen) atoms. The third-order valence-electron chi connectivity index (χ3n) is 4.41. The van der Waals surface area contributed by atoms with Crippen LogP contribution in [0.3, 0.4) is 0 Å². The van der Waals surface area contributed by atoms with Crippen molar-refractivity contribution in [1.82, 2.24) is 5.32 Å². The van der Waals surface area contributed by atoms with Gasteiger partial charge < -0.3 is 19.9 Å². The van der Waals surface area contributed by atoms with E-state index in [2.05, 4.69) is 21.2 Å². The fourth-order valence-electron chi connectivity index (χ4n) is 2.83. The average molecular weight is 517 g/mol. The molecule has 6 nitrogen and oxygen atoms in total. The standard InChI is InChI=1S/C24H19BrClNO5/c1-31-21-13-15(11-19(26)22(21)32-14-17-9-5-6-10-18(17)25)12-20(24(29)30)27-23(28)16-7-3-2-4-8-16/h2-13H,14H2,1H3,(H,27,28)(H,29,30). The van der Waals surface area contributed by atoms with E-state index in [-0.39, 0.29) is 17.3 Å². The molecule has 0 spiro atoms. The zero-order chi connectivity index (χ0) is 23.1. The van der Waals surface area contributed by atoms with Gasteiger partial charge in [-0.15, -0.1) is 0 Å². The fraction of sp³-hybridized carbons (Fsp3) is 0.0833. The van der Waals surface area contributed by atoms with Crippen LogP contribution in [0, 0.1) is 0 Å². The number of nitrogens with one attached hydrogen (secondary N) is 1. The highest BCUT2D eigenvalue weighted by Gasteiger charge is 2.16. The zero-order valence-corrected chi connectivity index (χ0v) is 19.3. The summed E-state index contributed by atoms with van der Waals surface area (Å²) >= 11 is 9.87. The summed E-state index contributed by atoms with van der Waals surface area (Å²) in [6.07, 6.45) is 1.30. The second-order valence-corrected chi connectivity index (χ2v) is 7.86. The lowest BCUT2D eigenvalue weighted by atomic mass is 10.1. The van der Waals surface area contributed by atoms with Gasteiger partial charge in [0.15, 0.2) is 11.5 Å². The Hall–Kier alpha value is -3.29. The first kappa shape index (κ1) is 23.4. The van der Waals surface area contributed by atoms with Crippen LogP contribution in [0.4, 0.5) is 0 Å². The van der Waals surface area contributed by atoms with Crippen molar-refractivity contribution >= 4 is 45.5 Å². The molecule has 0 atom stereocenters. The number of ether oxygens (including phenoxy) is 2. The van der Waals surface area contributed by atoms with Crippen LogP contribution in [-0.2, 0) is 11.4 Å². The Morgan fingerprint density at radius 3 is 2.44 bits per heavy atom. The number of methoxy groups -OCH3 is 1. The van der Waals surface area contributed by atoms with Gasteiger partial charge in [0.25, 0.3) is 5.91 Å². The highest BCUT2D eigenvalue weighted by molar-refractivity contribution is 9.10. The second-order valence-electron chi connectivity index (χ2n) is 6.60. The van der Waals surface area contributed by atoms with Crippen molar-refractivity contribution in [2.24, 2.45) is 0 Å². The molecule has 0 aliphatic rings. The third-order valence-corrected chi connectivity index (χ3v) is 5.46. The third kappa shape index (κ3) is 5.90. The van der Waals surface area contributed by atoms with E-state index in [4.69, 9.17) is 21.1 Å². The SMILES string of the molecule is COc1cc(C=C(NC(=O)c2ccccc2)C(=O)O)cc(Cl)c1OCc1ccccc1Br. The Labute approximate surface area is 198 Å². The van der Waals surface area contributed by atoms with Gasteiger partial charge in [0.1, 0.15) is 12.3 Å². The molecule has 0 radical (unpaired) electrons. The number of aliphatic carboxylic acids is 1. The van der Waals surface area contributed by atoms with Gasteiger partial charge in [0, 0.05) is 15.6 Å². The highest BCUT2D eigenvalue weighted by Crippen LogP contribution is 2.37. The maximum absolute atomic E-state index is 12.4. The van der Waals surface area contributed by atoms with E-state index in [1.54, 1.807) is 36.4 Å². The lowest BCUT2D eigenvalue weighted by Crippen LogP contribution is -2.27. The summed E-state index contributed by atoms with van der Waals surface area (Å²) in [4.78, 5) is 24.0. The van der Waals surface area contributed by atoms with Crippen molar-refractivity contribution in [2.75, 3.05) is 7.11 Å². The number of amides is 1. The number of carboxylic acids is 1. The maximum Gasteiger partial charge on any atom is 0.352 e. The molecular formula is C24H19BrClNO5. The van der Waals surface area contributed by atoms with Gasteiger partial charge in [-0.2, -0.15) is 0 Å². The minimum atomic E-state index is -1.29. The van der Waals surface area contributed by atoms with Crippen molar-refractivity contribution in [3.8, 4) is 11.5 Å². The zero-order valence-electron chi connectivity index (χ0n) is 17.0. The minimum absolute atomic E-state index is 0.238. The fourth-order valence-corrected chi connectivity index (χ4v) is 3.50. The van der Waals surface area contributed by atoms with Crippen molar-refractivity contribution in [3.63, 3.8) is 0 Å². The molecule has 3 aromatic carbocycles. The minimum Gasteiger partial charge on any atom is -0.493 e. The summed E-state index contributed by atoms with van der Waals surface area (Å²) in [5.74, 6) is -1.17. The van der Waals surface area contributed by atoms with Gasteiger partial charge in [-0.25, -0.2) is 4.79 Å². The Bertz CT molecular complexity index is 1160. The van der Waals surface area contributed by atoms with Crippen LogP contribution in [0.2, 0.25) is 5.02 Å². The lowest BCUT2D eigenvalue weighted by molar-refractivity contribution is -0.132. The molecule has 3 rings (SSSR count). The summed E-state index contributed by atoms with van der Waals surface area (Å²) in [6.45, 7) is 0.250. The predicted octanol–water partition coefficient (Wildman–Crippen LogP) is 5.55. The van der Waals surface area contributed by atoms with Gasteiger partial charge in [0.2, 0.25) is 0 Å². The quantitative estimate of drug-likeness (QED) is 0.384. The Morgan fingerprint density at radius 1 is 1.09 bits per heavy atom. The molecule has 0 bridgehead atoms. The molecule has 2 N–H and O–H groups in total. The van der Waals surface area contributed by atoms with E-state index in [1.807, 2.05) is 24.3 Å². The summed E-state index contributed by atoms with van der Waals surface area (Å²) in [5, 5.41) is 12.2. The summed E-state index contributed by atoms with van der Waals surface area (Å²) in [6, 6.07) is 19.1. The highest BCUT2D eigenvalue weighted by atomic mass is 79.9. The number of halogens is 2. The van der Waals surface area contributed by atoms with Crippen LogP contribution in [0.5, 0.6) is 11.5 Å². The molecule has 0 aromatic heterocycles. The van der Waals surface area contributed by atoms with Gasteiger partial charge in [0.05, 0.1) is 12.1 Å². The Kier molecular flexibility index (Phi) is 7.92. The van der Waals surface area contributed by atoms with E-state index >= 15 is 0 Å². The van der Waals surface area contributed by atoms with E-state index in [0.29, 0.717) is 22.6 Å². The number of carboxylic acid groups (broad SMARTS) is 1. The van der Waals surface area contributed by atoms with Crippen LogP contribution in [-0.4, -0.2) is 24.1 Å². The maximum atomic E-state index is 12.4. The topological polar surface area (TPSA) is 84.9 Å². The summed E-state index contributed by atoms with van der Waals surface area (Å²) < 4.78 is 12.2. The van der Waals surface area contributed by atoms with Crippen LogP contribution < -0.4 is 14.8 Å². The number of hydrogen-bond donors (Lipinski definition) is 2. The molecule has 0 fully saturated rings. The Balaban J connectivity index is 1.85. The molecule has 3 aromatic rings. The van der Waals surface area contributed by atoms with Crippen LogP contribution >= 0.6 is 27.5 Å². The first-order chi connectivity index (χ1) is 15.4. The van der Waals surface area contributed by atoms with Crippen molar-refractivity contribution in [3.05, 3.63) is 98.6 Å². The molecule has 0 heterocycles. The average Bonchev–Trinajstić information content (AvgIpc) is 2.79. The van der Waals surface area contributed by atoms with Gasteiger partial charge >= 0.3 is 5.97 Å². The molecule has 0 saturated carbocycles. The second kappa shape index (κ2) is 10.8. The Morgan fingerprint density at radius 2 is 1.78 bits per heavy atom. The first-order valence-electron chi connectivity index (χ1n) is 9.44. The molecule has 0 aliphatic heterocycles. The molecule has 0 saturated heterocycles. The van der Waals surface area contributed by atoms with E-state index in [9.17, 15) is 14.7 Å². The molecular weight excluding hydrogens is 498 g/mol. The first-order valence-corrected chi connectivity index (χ1v) is 10.6. The summed E-state index contributed by atoms with van der Waals surface area (Å²) in [5.41, 5.74) is 1.38. The van der Waals surface area contributed by atoms with Crippen molar-refractivity contribution in [2.45, 2.75) is 6.61 Å². The van der Waals surface area contributed by atoms with Crippen LogP contribution in [0.15, 0.2) is 76.9 Å².